The lowest BCUT2D eigenvalue weighted by atomic mass is 10.0. The zero-order valence-electron chi connectivity index (χ0n) is 21.5. The highest BCUT2D eigenvalue weighted by Gasteiger charge is 2.28. The number of nitrogens with one attached hydrogen (secondary N) is 1. The number of esters is 1. The van der Waals surface area contributed by atoms with Crippen LogP contribution in [0.5, 0.6) is 0 Å². The fourth-order valence-electron chi connectivity index (χ4n) is 4.52. The summed E-state index contributed by atoms with van der Waals surface area (Å²) in [5.74, 6) is -1.11. The van der Waals surface area contributed by atoms with Gasteiger partial charge in [0, 0.05) is 64.4 Å². The van der Waals surface area contributed by atoms with E-state index in [4.69, 9.17) is 27.9 Å². The van der Waals surface area contributed by atoms with Crippen LogP contribution in [0.3, 0.4) is 0 Å². The number of carbonyl (C=O) groups is 3. The van der Waals surface area contributed by atoms with Gasteiger partial charge in [-0.1, -0.05) is 35.3 Å². The molecule has 0 unspecified atom stereocenters. The van der Waals surface area contributed by atoms with Crippen LogP contribution in [0.4, 0.5) is 10.7 Å². The number of nitrogens with zero attached hydrogens (tertiary/aromatic N) is 3. The van der Waals surface area contributed by atoms with E-state index >= 15 is 0 Å². The molecule has 1 aliphatic rings. The molecule has 0 aliphatic carbocycles. The Morgan fingerprint density at radius 2 is 1.78 bits per heavy atom. The van der Waals surface area contributed by atoms with E-state index in [0.29, 0.717) is 56.7 Å². The van der Waals surface area contributed by atoms with Gasteiger partial charge in [-0.05, 0) is 23.8 Å². The molecule has 2 amide bonds. The number of thiophene rings is 2. The van der Waals surface area contributed by atoms with Crippen LogP contribution in [0.15, 0.2) is 47.8 Å². The number of nitro benzene ring substituents is 1. The molecule has 2 aromatic heterocycles. The van der Waals surface area contributed by atoms with E-state index in [1.165, 1.54) is 30.6 Å². The van der Waals surface area contributed by atoms with Crippen molar-refractivity contribution in [1.29, 1.82) is 0 Å². The van der Waals surface area contributed by atoms with Crippen LogP contribution in [0.2, 0.25) is 10.0 Å². The van der Waals surface area contributed by atoms with Crippen LogP contribution in [0.25, 0.3) is 21.2 Å². The lowest BCUT2D eigenvalue weighted by molar-refractivity contribution is -0.384. The van der Waals surface area contributed by atoms with E-state index in [1.54, 1.807) is 40.6 Å². The van der Waals surface area contributed by atoms with Crippen LogP contribution >= 0.6 is 45.9 Å². The van der Waals surface area contributed by atoms with E-state index in [2.05, 4.69) is 5.32 Å². The zero-order valence-corrected chi connectivity index (χ0v) is 24.7. The Hall–Kier alpha value is -3.55. The van der Waals surface area contributed by atoms with Gasteiger partial charge >= 0.3 is 5.97 Å². The number of rotatable bonds is 7. The number of non-ortho nitro benzene ring substituents is 1. The highest BCUT2D eigenvalue weighted by atomic mass is 35.5. The maximum atomic E-state index is 13.2. The second-order valence-corrected chi connectivity index (χ2v) is 11.9. The van der Waals surface area contributed by atoms with E-state index in [-0.39, 0.29) is 34.6 Å². The van der Waals surface area contributed by atoms with Gasteiger partial charge in [0.1, 0.15) is 15.4 Å². The summed E-state index contributed by atoms with van der Waals surface area (Å²) in [7, 11) is 1.29. The molecule has 1 aliphatic heterocycles. The van der Waals surface area contributed by atoms with Crippen molar-refractivity contribution in [1.82, 2.24) is 9.80 Å². The molecule has 41 heavy (non-hydrogen) atoms. The Morgan fingerprint density at radius 1 is 1.07 bits per heavy atom. The highest BCUT2D eigenvalue weighted by Crippen LogP contribution is 2.38. The van der Waals surface area contributed by atoms with Crippen molar-refractivity contribution >= 4 is 84.4 Å². The van der Waals surface area contributed by atoms with Gasteiger partial charge in [0.15, 0.2) is 0 Å². The Bertz CT molecular complexity index is 1660. The SMILES string of the molecule is COC(=O)c1c(-c2ccc(Cl)cc2)csc1NC(=O)CN1CCN(C(=O)c2sc3cc([N+](=O)[O-])ccc3c2Cl)CC1. The van der Waals surface area contributed by atoms with E-state index in [1.807, 2.05) is 4.90 Å². The maximum absolute atomic E-state index is 13.2. The van der Waals surface area contributed by atoms with Crippen molar-refractivity contribution in [2.24, 2.45) is 0 Å². The third kappa shape index (κ3) is 6.07. The van der Waals surface area contributed by atoms with Crippen molar-refractivity contribution in [3.05, 3.63) is 78.4 Å². The number of nitro groups is 1. The molecule has 0 radical (unpaired) electrons. The number of piperazine rings is 1. The molecule has 4 aromatic rings. The molecule has 2 aromatic carbocycles. The Morgan fingerprint density at radius 3 is 2.44 bits per heavy atom. The maximum Gasteiger partial charge on any atom is 0.341 e. The van der Waals surface area contributed by atoms with Crippen molar-refractivity contribution in [2.75, 3.05) is 45.2 Å². The summed E-state index contributed by atoms with van der Waals surface area (Å²) in [6, 6.07) is 11.4. The largest absolute Gasteiger partial charge is 0.465 e. The molecule has 1 saturated heterocycles. The van der Waals surface area contributed by atoms with Crippen LogP contribution < -0.4 is 5.32 Å². The summed E-state index contributed by atoms with van der Waals surface area (Å²) in [6.07, 6.45) is 0. The summed E-state index contributed by atoms with van der Waals surface area (Å²) >= 11 is 14.8. The van der Waals surface area contributed by atoms with Crippen molar-refractivity contribution < 1.29 is 24.0 Å². The lowest BCUT2D eigenvalue weighted by Gasteiger charge is -2.34. The van der Waals surface area contributed by atoms with Crippen molar-refractivity contribution in [3.63, 3.8) is 0 Å². The standard InChI is InChI=1S/C27H22Cl2N4O6S2/c1-39-27(36)22-19(15-2-4-16(28)5-3-15)14-40-25(22)30-21(34)13-31-8-10-32(11-9-31)26(35)24-23(29)18-7-6-17(33(37)38)12-20(18)41-24/h2-7,12,14H,8-11,13H2,1H3,(H,30,34). The molecule has 0 atom stereocenters. The molecule has 1 N–H and O–H groups in total. The molecule has 14 heteroatoms. The monoisotopic (exact) mass is 632 g/mol. The lowest BCUT2D eigenvalue weighted by Crippen LogP contribution is -2.50. The molecule has 0 saturated carbocycles. The molecule has 5 rings (SSSR count). The third-order valence-electron chi connectivity index (χ3n) is 6.63. The quantitative estimate of drug-likeness (QED) is 0.150. The molecule has 10 nitrogen and oxygen atoms in total. The number of halogens is 2. The summed E-state index contributed by atoms with van der Waals surface area (Å²) < 4.78 is 5.54. The van der Waals surface area contributed by atoms with Gasteiger partial charge in [-0.15, -0.1) is 22.7 Å². The number of anilines is 1. The third-order valence-corrected chi connectivity index (χ3v) is 9.43. The number of benzene rings is 2. The van der Waals surface area contributed by atoms with Gasteiger partial charge in [-0.3, -0.25) is 24.6 Å². The molecule has 3 heterocycles. The fraction of sp³-hybridized carbons (Fsp3) is 0.222. The minimum absolute atomic E-state index is 0.0660. The topological polar surface area (TPSA) is 122 Å². The minimum Gasteiger partial charge on any atom is -0.465 e. The smallest absolute Gasteiger partial charge is 0.341 e. The number of methoxy groups -OCH3 is 1. The van der Waals surface area contributed by atoms with Crippen molar-refractivity contribution in [3.8, 4) is 11.1 Å². The minimum atomic E-state index is -0.562. The van der Waals surface area contributed by atoms with Crippen molar-refractivity contribution in [2.45, 2.75) is 0 Å². The van der Waals surface area contributed by atoms with Gasteiger partial charge < -0.3 is 15.0 Å². The first-order valence-corrected chi connectivity index (χ1v) is 14.7. The average molecular weight is 634 g/mol. The van der Waals surface area contributed by atoms with Crippen LogP contribution in [0.1, 0.15) is 20.0 Å². The summed E-state index contributed by atoms with van der Waals surface area (Å²) in [5, 5.41) is 17.6. The number of amides is 2. The molecule has 212 valence electrons. The average Bonchev–Trinajstić information content (AvgIpc) is 3.53. The predicted octanol–water partition coefficient (Wildman–Crippen LogP) is 6.03. The van der Waals surface area contributed by atoms with Gasteiger partial charge in [-0.25, -0.2) is 4.79 Å². The highest BCUT2D eigenvalue weighted by molar-refractivity contribution is 7.21. The number of fused-ring (bicyclic) bond motifs is 1. The van der Waals surface area contributed by atoms with E-state index in [0.717, 1.165) is 16.9 Å². The normalized spacial score (nSPS) is 13.8. The number of carbonyl (C=O) groups excluding carboxylic acids is 3. The van der Waals surface area contributed by atoms with Gasteiger partial charge in [-0.2, -0.15) is 0 Å². The predicted molar refractivity (Wildman–Crippen MR) is 161 cm³/mol. The zero-order chi connectivity index (χ0) is 29.3. The molecular weight excluding hydrogens is 611 g/mol. The van der Waals surface area contributed by atoms with E-state index in [9.17, 15) is 24.5 Å². The molecular formula is C27H22Cl2N4O6S2. The van der Waals surface area contributed by atoms with Crippen LogP contribution in [-0.4, -0.2) is 72.3 Å². The van der Waals surface area contributed by atoms with Crippen LogP contribution in [-0.2, 0) is 9.53 Å². The fourth-order valence-corrected chi connectivity index (χ4v) is 7.14. The van der Waals surface area contributed by atoms with Gasteiger partial charge in [0.2, 0.25) is 5.91 Å². The molecule has 1 fully saturated rings. The van der Waals surface area contributed by atoms with Gasteiger partial charge in [0.05, 0.1) is 23.6 Å². The number of hydrogen-bond acceptors (Lipinski definition) is 9. The number of ether oxygens (including phenoxy) is 1. The second-order valence-electron chi connectivity index (χ2n) is 9.15. The molecule has 0 spiro atoms. The Balaban J connectivity index is 1.22. The first-order valence-electron chi connectivity index (χ1n) is 12.3. The molecule has 0 bridgehead atoms. The Kier molecular flexibility index (Phi) is 8.57. The summed E-state index contributed by atoms with van der Waals surface area (Å²) in [6.45, 7) is 1.74. The Labute approximate surface area is 252 Å². The number of hydrogen-bond donors (Lipinski definition) is 1. The van der Waals surface area contributed by atoms with E-state index < -0.39 is 10.9 Å². The van der Waals surface area contributed by atoms with Crippen LogP contribution in [0, 0.1) is 10.1 Å². The summed E-state index contributed by atoms with van der Waals surface area (Å²) in [5.41, 5.74) is 1.61. The summed E-state index contributed by atoms with van der Waals surface area (Å²) in [4.78, 5) is 53.3. The van der Waals surface area contributed by atoms with Gasteiger partial charge in [0.25, 0.3) is 11.6 Å². The first kappa shape index (κ1) is 29.0. The first-order chi connectivity index (χ1) is 19.7. The second kappa shape index (κ2) is 12.1.